The van der Waals surface area contributed by atoms with Crippen molar-refractivity contribution >= 4 is 11.8 Å². The topological polar surface area (TPSA) is 35.7 Å². The molecule has 0 radical (unpaired) electrons. The van der Waals surface area contributed by atoms with Crippen molar-refractivity contribution in [1.82, 2.24) is 14.7 Å². The van der Waals surface area contributed by atoms with Crippen LogP contribution in [0, 0.1) is 0 Å². The largest absolute Gasteiger partial charge is 0.329 e. The molecule has 0 amide bonds. The molecule has 2 heterocycles. The molecule has 0 aromatic heterocycles. The van der Waals surface area contributed by atoms with Crippen molar-refractivity contribution < 1.29 is 0 Å². The maximum absolute atomic E-state index is 6.06. The number of piperazine rings is 1. The van der Waals surface area contributed by atoms with Crippen molar-refractivity contribution in [1.29, 1.82) is 0 Å². The molecule has 106 valence electrons. The maximum Gasteiger partial charge on any atom is 0.0430 e. The van der Waals surface area contributed by atoms with E-state index in [-0.39, 0.29) is 0 Å². The van der Waals surface area contributed by atoms with E-state index in [0.29, 0.717) is 5.54 Å². The van der Waals surface area contributed by atoms with Crippen LogP contribution >= 0.6 is 11.8 Å². The Morgan fingerprint density at radius 1 is 1.22 bits per heavy atom. The SMILES string of the molecule is CN(C)CCN1CCN(C2(CN)CCSC2)CC1. The van der Waals surface area contributed by atoms with E-state index in [2.05, 4.69) is 40.6 Å². The fraction of sp³-hybridized carbons (Fsp3) is 1.00. The zero-order valence-corrected chi connectivity index (χ0v) is 12.7. The molecule has 0 aromatic rings. The molecule has 18 heavy (non-hydrogen) atoms. The zero-order valence-electron chi connectivity index (χ0n) is 11.9. The first-order chi connectivity index (χ1) is 8.66. The van der Waals surface area contributed by atoms with Gasteiger partial charge in [-0.25, -0.2) is 0 Å². The van der Waals surface area contributed by atoms with Crippen LogP contribution in [0.15, 0.2) is 0 Å². The lowest BCUT2D eigenvalue weighted by Crippen LogP contribution is -2.60. The summed E-state index contributed by atoms with van der Waals surface area (Å²) in [4.78, 5) is 7.52. The predicted octanol–water partition coefficient (Wildman–Crippen LogP) is 0.00000000000000244. The van der Waals surface area contributed by atoms with Crippen molar-refractivity contribution in [3.63, 3.8) is 0 Å². The van der Waals surface area contributed by atoms with Crippen LogP contribution in [0.1, 0.15) is 6.42 Å². The Kier molecular flexibility index (Phi) is 5.33. The normalized spacial score (nSPS) is 31.3. The Labute approximate surface area is 116 Å². The van der Waals surface area contributed by atoms with Crippen LogP contribution in [0.2, 0.25) is 0 Å². The summed E-state index contributed by atoms with van der Waals surface area (Å²) in [5.74, 6) is 2.53. The maximum atomic E-state index is 6.06. The summed E-state index contributed by atoms with van der Waals surface area (Å²) in [6.07, 6.45) is 1.28. The van der Waals surface area contributed by atoms with E-state index in [4.69, 9.17) is 5.73 Å². The van der Waals surface area contributed by atoms with E-state index in [1.54, 1.807) is 0 Å². The summed E-state index contributed by atoms with van der Waals surface area (Å²) < 4.78 is 0. The van der Waals surface area contributed by atoms with Gasteiger partial charge in [-0.1, -0.05) is 0 Å². The number of nitrogens with zero attached hydrogens (tertiary/aromatic N) is 3. The summed E-state index contributed by atoms with van der Waals surface area (Å²) in [7, 11) is 4.30. The van der Waals surface area contributed by atoms with E-state index in [1.165, 1.54) is 50.7 Å². The Bertz CT molecular complexity index is 245. The summed E-state index contributed by atoms with van der Waals surface area (Å²) >= 11 is 2.07. The minimum absolute atomic E-state index is 0.318. The summed E-state index contributed by atoms with van der Waals surface area (Å²) in [5, 5.41) is 0. The second kappa shape index (κ2) is 6.57. The number of hydrogen-bond donors (Lipinski definition) is 1. The molecule has 2 rings (SSSR count). The third kappa shape index (κ3) is 3.39. The molecule has 2 saturated heterocycles. The third-order valence-corrected chi connectivity index (χ3v) is 5.60. The second-order valence-electron chi connectivity index (χ2n) is 5.86. The zero-order chi connectivity index (χ0) is 13.0. The Morgan fingerprint density at radius 3 is 2.44 bits per heavy atom. The van der Waals surface area contributed by atoms with E-state index in [0.717, 1.165) is 13.1 Å². The average Bonchev–Trinajstić information content (AvgIpc) is 2.87. The fourth-order valence-electron chi connectivity index (χ4n) is 2.92. The van der Waals surface area contributed by atoms with Gasteiger partial charge in [0.05, 0.1) is 0 Å². The molecule has 0 aliphatic carbocycles. The highest BCUT2D eigenvalue weighted by Gasteiger charge is 2.39. The van der Waals surface area contributed by atoms with Crippen molar-refractivity contribution in [2.75, 3.05) is 71.4 Å². The summed E-state index contributed by atoms with van der Waals surface area (Å²) in [6.45, 7) is 8.01. The van der Waals surface area contributed by atoms with Gasteiger partial charge < -0.3 is 10.6 Å². The molecular formula is C13H28N4S. The van der Waals surface area contributed by atoms with Gasteiger partial charge in [-0.15, -0.1) is 0 Å². The van der Waals surface area contributed by atoms with Gasteiger partial charge >= 0.3 is 0 Å². The molecule has 2 fully saturated rings. The quantitative estimate of drug-likeness (QED) is 0.762. The van der Waals surface area contributed by atoms with Crippen LogP contribution in [0.5, 0.6) is 0 Å². The van der Waals surface area contributed by atoms with Gasteiger partial charge in [0.15, 0.2) is 0 Å². The number of nitrogens with two attached hydrogens (primary N) is 1. The van der Waals surface area contributed by atoms with E-state index in [9.17, 15) is 0 Å². The van der Waals surface area contributed by atoms with Gasteiger partial charge in [0.25, 0.3) is 0 Å². The van der Waals surface area contributed by atoms with Crippen LogP contribution in [-0.4, -0.2) is 91.7 Å². The Hall–Kier alpha value is 0.190. The molecule has 1 unspecified atom stereocenters. The first-order valence-electron chi connectivity index (χ1n) is 7.06. The molecule has 0 aromatic carbocycles. The predicted molar refractivity (Wildman–Crippen MR) is 80.3 cm³/mol. The molecule has 2 N–H and O–H groups in total. The molecular weight excluding hydrogens is 244 g/mol. The van der Waals surface area contributed by atoms with E-state index >= 15 is 0 Å². The smallest absolute Gasteiger partial charge is 0.0430 e. The first-order valence-corrected chi connectivity index (χ1v) is 8.22. The monoisotopic (exact) mass is 272 g/mol. The molecule has 0 saturated carbocycles. The molecule has 2 aliphatic rings. The lowest BCUT2D eigenvalue weighted by molar-refractivity contribution is 0.0485. The first kappa shape index (κ1) is 14.6. The molecule has 5 heteroatoms. The van der Waals surface area contributed by atoms with Gasteiger partial charge in [-0.3, -0.25) is 9.80 Å². The number of thioether (sulfide) groups is 1. The van der Waals surface area contributed by atoms with Crippen LogP contribution in [0.3, 0.4) is 0 Å². The molecule has 2 aliphatic heterocycles. The van der Waals surface area contributed by atoms with Crippen molar-refractivity contribution in [3.8, 4) is 0 Å². The lowest BCUT2D eigenvalue weighted by atomic mass is 9.95. The van der Waals surface area contributed by atoms with Crippen molar-refractivity contribution in [2.45, 2.75) is 12.0 Å². The third-order valence-electron chi connectivity index (χ3n) is 4.37. The number of rotatable bonds is 5. The average molecular weight is 272 g/mol. The molecule has 0 bridgehead atoms. The van der Waals surface area contributed by atoms with Crippen LogP contribution < -0.4 is 5.73 Å². The Balaban J connectivity index is 1.79. The van der Waals surface area contributed by atoms with Crippen molar-refractivity contribution in [2.24, 2.45) is 5.73 Å². The van der Waals surface area contributed by atoms with E-state index in [1.807, 2.05) is 0 Å². The van der Waals surface area contributed by atoms with Gasteiger partial charge in [0, 0.05) is 57.1 Å². The molecule has 1 atom stereocenters. The standard InChI is InChI=1S/C13H28N4S/c1-15(2)4-5-16-6-8-17(9-7-16)13(11-14)3-10-18-12-13/h3-12,14H2,1-2H3. The number of likely N-dealkylation sites (N-methyl/N-ethyl adjacent to an activating group) is 1. The van der Waals surface area contributed by atoms with Gasteiger partial charge in [-0.2, -0.15) is 11.8 Å². The van der Waals surface area contributed by atoms with E-state index < -0.39 is 0 Å². The van der Waals surface area contributed by atoms with Gasteiger partial charge in [0.2, 0.25) is 0 Å². The Morgan fingerprint density at radius 2 is 1.94 bits per heavy atom. The van der Waals surface area contributed by atoms with Crippen LogP contribution in [-0.2, 0) is 0 Å². The minimum atomic E-state index is 0.318. The molecule has 4 nitrogen and oxygen atoms in total. The van der Waals surface area contributed by atoms with Crippen molar-refractivity contribution in [3.05, 3.63) is 0 Å². The second-order valence-corrected chi connectivity index (χ2v) is 6.97. The summed E-state index contributed by atoms with van der Waals surface area (Å²) in [5.41, 5.74) is 6.38. The van der Waals surface area contributed by atoms with Gasteiger partial charge in [-0.05, 0) is 26.3 Å². The van der Waals surface area contributed by atoms with Crippen LogP contribution in [0.25, 0.3) is 0 Å². The summed E-state index contributed by atoms with van der Waals surface area (Å²) in [6, 6.07) is 0. The highest BCUT2D eigenvalue weighted by Crippen LogP contribution is 2.33. The van der Waals surface area contributed by atoms with Gasteiger partial charge in [0.1, 0.15) is 0 Å². The lowest BCUT2D eigenvalue weighted by Gasteiger charge is -2.45. The van der Waals surface area contributed by atoms with Crippen LogP contribution in [0.4, 0.5) is 0 Å². The molecule has 0 spiro atoms. The highest BCUT2D eigenvalue weighted by atomic mass is 32.2. The number of hydrogen-bond acceptors (Lipinski definition) is 5. The minimum Gasteiger partial charge on any atom is -0.329 e. The highest BCUT2D eigenvalue weighted by molar-refractivity contribution is 7.99. The fourth-order valence-corrected chi connectivity index (χ4v) is 4.42.